The summed E-state index contributed by atoms with van der Waals surface area (Å²) >= 11 is 0. The van der Waals surface area contributed by atoms with Gasteiger partial charge in [0.05, 0.1) is 7.11 Å². The van der Waals surface area contributed by atoms with E-state index in [1.165, 1.54) is 0 Å². The lowest BCUT2D eigenvalue weighted by atomic mass is 9.88. The summed E-state index contributed by atoms with van der Waals surface area (Å²) in [6, 6.07) is 12.8. The zero-order chi connectivity index (χ0) is 15.5. The molecule has 0 radical (unpaired) electrons. The summed E-state index contributed by atoms with van der Waals surface area (Å²) in [6.07, 6.45) is -0.105. The minimum absolute atomic E-state index is 0.105. The molecule has 3 rings (SSSR count). The van der Waals surface area contributed by atoms with Gasteiger partial charge in [0, 0.05) is 11.9 Å². The highest BCUT2D eigenvalue weighted by Crippen LogP contribution is 2.37. The predicted octanol–water partition coefficient (Wildman–Crippen LogP) is 1.70. The van der Waals surface area contributed by atoms with Crippen molar-refractivity contribution in [2.24, 2.45) is 0 Å². The predicted molar refractivity (Wildman–Crippen MR) is 77.0 cm³/mol. The number of ether oxygens (including phenoxy) is 3. The SMILES string of the molecule is COc1ccc([C@H](CC(=O)[O-])c2ccc3c(c2)OCO3)cc1. The van der Waals surface area contributed by atoms with Gasteiger partial charge in [-0.25, -0.2) is 0 Å². The molecule has 1 aliphatic rings. The van der Waals surface area contributed by atoms with Crippen LogP contribution in [0.5, 0.6) is 17.2 Å². The average molecular weight is 299 g/mol. The summed E-state index contributed by atoms with van der Waals surface area (Å²) in [4.78, 5) is 11.1. The van der Waals surface area contributed by atoms with Crippen LogP contribution in [-0.4, -0.2) is 19.9 Å². The molecule has 1 atom stereocenters. The molecule has 22 heavy (non-hydrogen) atoms. The standard InChI is InChI=1S/C17H16O5/c1-20-13-5-2-11(3-6-13)14(9-17(18)19)12-4-7-15-16(8-12)22-10-21-15/h2-8,14H,9-10H2,1H3,(H,18,19)/p-1/t14-/m0/s1. The molecular formula is C17H15O5-. The zero-order valence-corrected chi connectivity index (χ0v) is 12.1. The van der Waals surface area contributed by atoms with Gasteiger partial charge in [0.2, 0.25) is 6.79 Å². The van der Waals surface area contributed by atoms with Crippen LogP contribution in [0.4, 0.5) is 0 Å². The molecule has 0 unspecified atom stereocenters. The summed E-state index contributed by atoms with van der Waals surface area (Å²) in [7, 11) is 1.59. The summed E-state index contributed by atoms with van der Waals surface area (Å²) in [5.74, 6) is 0.616. The van der Waals surface area contributed by atoms with Crippen molar-refractivity contribution in [1.29, 1.82) is 0 Å². The summed E-state index contributed by atoms with van der Waals surface area (Å²) < 4.78 is 15.8. The number of aliphatic carboxylic acids is 1. The molecule has 0 amide bonds. The van der Waals surface area contributed by atoms with E-state index in [2.05, 4.69) is 0 Å². The molecule has 0 fully saturated rings. The summed E-state index contributed by atoms with van der Waals surface area (Å²) in [6.45, 7) is 0.187. The smallest absolute Gasteiger partial charge is 0.231 e. The van der Waals surface area contributed by atoms with Crippen molar-refractivity contribution in [3.05, 3.63) is 53.6 Å². The van der Waals surface area contributed by atoms with Crippen LogP contribution in [0.3, 0.4) is 0 Å². The molecule has 1 heterocycles. The number of carboxylic acids is 1. The van der Waals surface area contributed by atoms with E-state index in [0.29, 0.717) is 11.5 Å². The highest BCUT2D eigenvalue weighted by Gasteiger charge is 2.19. The Hall–Kier alpha value is -2.69. The van der Waals surface area contributed by atoms with Gasteiger partial charge in [-0.05, 0) is 41.8 Å². The van der Waals surface area contributed by atoms with Crippen molar-refractivity contribution < 1.29 is 24.1 Å². The molecule has 2 aromatic carbocycles. The second-order valence-corrected chi connectivity index (χ2v) is 5.01. The first-order valence-corrected chi connectivity index (χ1v) is 6.90. The fourth-order valence-electron chi connectivity index (χ4n) is 2.56. The van der Waals surface area contributed by atoms with E-state index in [4.69, 9.17) is 14.2 Å². The summed E-state index contributed by atoms with van der Waals surface area (Å²) in [5.41, 5.74) is 1.72. The summed E-state index contributed by atoms with van der Waals surface area (Å²) in [5, 5.41) is 11.1. The Bertz CT molecular complexity index is 678. The number of carboxylic acid groups (broad SMARTS) is 1. The minimum atomic E-state index is -1.10. The lowest BCUT2D eigenvalue weighted by Crippen LogP contribution is -2.24. The molecule has 5 nitrogen and oxygen atoms in total. The topological polar surface area (TPSA) is 67.8 Å². The van der Waals surface area contributed by atoms with Crippen molar-refractivity contribution in [3.8, 4) is 17.2 Å². The maximum Gasteiger partial charge on any atom is 0.231 e. The van der Waals surface area contributed by atoms with Gasteiger partial charge in [0.1, 0.15) is 5.75 Å². The molecule has 0 N–H and O–H groups in total. The molecule has 0 aromatic heterocycles. The minimum Gasteiger partial charge on any atom is -0.550 e. The number of hydrogen-bond donors (Lipinski definition) is 0. The quantitative estimate of drug-likeness (QED) is 0.840. The molecule has 114 valence electrons. The van der Waals surface area contributed by atoms with Crippen LogP contribution >= 0.6 is 0 Å². The highest BCUT2D eigenvalue weighted by molar-refractivity contribution is 5.67. The van der Waals surface area contributed by atoms with E-state index >= 15 is 0 Å². The highest BCUT2D eigenvalue weighted by atomic mass is 16.7. The Morgan fingerprint density at radius 1 is 1.14 bits per heavy atom. The van der Waals surface area contributed by atoms with Crippen LogP contribution < -0.4 is 19.3 Å². The number of hydrogen-bond acceptors (Lipinski definition) is 5. The number of fused-ring (bicyclic) bond motifs is 1. The monoisotopic (exact) mass is 299 g/mol. The molecule has 2 aromatic rings. The Labute approximate surface area is 128 Å². The van der Waals surface area contributed by atoms with Crippen LogP contribution in [0.25, 0.3) is 0 Å². The largest absolute Gasteiger partial charge is 0.550 e. The van der Waals surface area contributed by atoms with Gasteiger partial charge in [-0.3, -0.25) is 0 Å². The lowest BCUT2D eigenvalue weighted by molar-refractivity contribution is -0.305. The molecule has 0 spiro atoms. The van der Waals surface area contributed by atoms with Crippen molar-refractivity contribution in [2.75, 3.05) is 13.9 Å². The van der Waals surface area contributed by atoms with Gasteiger partial charge in [0.25, 0.3) is 0 Å². The number of rotatable bonds is 5. The van der Waals surface area contributed by atoms with E-state index in [0.717, 1.165) is 16.9 Å². The molecule has 0 bridgehead atoms. The van der Waals surface area contributed by atoms with E-state index < -0.39 is 5.97 Å². The van der Waals surface area contributed by atoms with Gasteiger partial charge in [0.15, 0.2) is 11.5 Å². The first-order valence-electron chi connectivity index (χ1n) is 6.90. The number of carbonyl (C=O) groups is 1. The first kappa shape index (κ1) is 14.3. The molecule has 5 heteroatoms. The molecule has 0 saturated carbocycles. The average Bonchev–Trinajstić information content (AvgIpc) is 3.00. The van der Waals surface area contributed by atoms with Crippen molar-refractivity contribution >= 4 is 5.97 Å². The lowest BCUT2D eigenvalue weighted by Gasteiger charge is -2.19. The first-order chi connectivity index (χ1) is 10.7. The fourth-order valence-corrected chi connectivity index (χ4v) is 2.56. The number of methoxy groups -OCH3 is 1. The Morgan fingerprint density at radius 3 is 2.50 bits per heavy atom. The Balaban J connectivity index is 1.96. The Kier molecular flexibility index (Phi) is 3.87. The van der Waals surface area contributed by atoms with Crippen LogP contribution in [0.1, 0.15) is 23.5 Å². The van der Waals surface area contributed by atoms with E-state index in [-0.39, 0.29) is 19.1 Å². The maximum absolute atomic E-state index is 11.1. The number of benzene rings is 2. The van der Waals surface area contributed by atoms with Crippen LogP contribution in [0.15, 0.2) is 42.5 Å². The van der Waals surface area contributed by atoms with Gasteiger partial charge in [-0.2, -0.15) is 0 Å². The third-order valence-electron chi connectivity index (χ3n) is 3.69. The molecular weight excluding hydrogens is 284 g/mol. The maximum atomic E-state index is 11.1. The van der Waals surface area contributed by atoms with E-state index in [9.17, 15) is 9.90 Å². The van der Waals surface area contributed by atoms with E-state index in [1.807, 2.05) is 36.4 Å². The Morgan fingerprint density at radius 2 is 1.82 bits per heavy atom. The molecule has 0 saturated heterocycles. The number of carbonyl (C=O) groups excluding carboxylic acids is 1. The van der Waals surface area contributed by atoms with Crippen molar-refractivity contribution in [1.82, 2.24) is 0 Å². The van der Waals surface area contributed by atoms with Crippen LogP contribution in [0, 0.1) is 0 Å². The second-order valence-electron chi connectivity index (χ2n) is 5.01. The van der Waals surface area contributed by atoms with Crippen molar-refractivity contribution in [3.63, 3.8) is 0 Å². The normalized spacial score (nSPS) is 13.7. The third kappa shape index (κ3) is 2.83. The zero-order valence-electron chi connectivity index (χ0n) is 12.1. The van der Waals surface area contributed by atoms with Crippen LogP contribution in [-0.2, 0) is 4.79 Å². The van der Waals surface area contributed by atoms with Gasteiger partial charge in [-0.1, -0.05) is 18.2 Å². The van der Waals surface area contributed by atoms with Crippen LogP contribution in [0.2, 0.25) is 0 Å². The van der Waals surface area contributed by atoms with Gasteiger partial charge in [-0.15, -0.1) is 0 Å². The molecule has 1 aliphatic heterocycles. The van der Waals surface area contributed by atoms with Gasteiger partial charge < -0.3 is 24.1 Å². The molecule has 0 aliphatic carbocycles. The second kappa shape index (κ2) is 5.97. The van der Waals surface area contributed by atoms with Gasteiger partial charge >= 0.3 is 0 Å². The fraction of sp³-hybridized carbons (Fsp3) is 0.235. The van der Waals surface area contributed by atoms with Crippen molar-refractivity contribution in [2.45, 2.75) is 12.3 Å². The third-order valence-corrected chi connectivity index (χ3v) is 3.69. The van der Waals surface area contributed by atoms with E-state index in [1.54, 1.807) is 13.2 Å².